The minimum absolute atomic E-state index is 0.0536. The van der Waals surface area contributed by atoms with Crippen molar-refractivity contribution in [1.29, 1.82) is 0 Å². The molecule has 2 aliphatic heterocycles. The lowest BCUT2D eigenvalue weighted by Gasteiger charge is -2.53. The van der Waals surface area contributed by atoms with Gasteiger partial charge in [-0.1, -0.05) is 5.16 Å². The van der Waals surface area contributed by atoms with Crippen LogP contribution in [0.3, 0.4) is 0 Å². The van der Waals surface area contributed by atoms with Crippen LogP contribution in [0, 0.1) is 5.41 Å². The quantitative estimate of drug-likeness (QED) is 0.215. The summed E-state index contributed by atoms with van der Waals surface area (Å²) in [6, 6.07) is -0.885. The number of oxime groups is 1. The summed E-state index contributed by atoms with van der Waals surface area (Å²) in [7, 11) is 1.26. The first-order valence-corrected chi connectivity index (χ1v) is 10.3. The van der Waals surface area contributed by atoms with Crippen LogP contribution in [-0.2, 0) is 24.0 Å². The average Bonchev–Trinajstić information content (AvgIpc) is 3.13. The van der Waals surface area contributed by atoms with Gasteiger partial charge in [-0.15, -0.1) is 23.1 Å². The van der Waals surface area contributed by atoms with Crippen LogP contribution in [0.25, 0.3) is 0 Å². The Kier molecular flexibility index (Phi) is 6.02. The number of primary amides is 1. The number of β-lactam (4-membered cyclic amide) rings is 1. The topological polar surface area (TPSA) is 200 Å². The Bertz CT molecular complexity index is 921. The minimum Gasteiger partial charge on any atom is -0.481 e. The van der Waals surface area contributed by atoms with Gasteiger partial charge in [0.15, 0.2) is 10.8 Å². The van der Waals surface area contributed by atoms with Crippen molar-refractivity contribution in [2.75, 3.05) is 31.7 Å². The van der Waals surface area contributed by atoms with Crippen LogP contribution in [0.5, 0.6) is 0 Å². The van der Waals surface area contributed by atoms with Crippen LogP contribution < -0.4 is 16.8 Å². The molecule has 15 heteroatoms. The van der Waals surface area contributed by atoms with Crippen molar-refractivity contribution in [1.82, 2.24) is 15.2 Å². The Labute approximate surface area is 177 Å². The number of amides is 3. The second-order valence-corrected chi connectivity index (χ2v) is 8.50. The summed E-state index contributed by atoms with van der Waals surface area (Å²) in [4.78, 5) is 57.8. The van der Waals surface area contributed by atoms with Crippen molar-refractivity contribution in [3.8, 4) is 0 Å². The number of rotatable bonds is 7. The van der Waals surface area contributed by atoms with Crippen molar-refractivity contribution in [2.45, 2.75) is 11.4 Å². The van der Waals surface area contributed by atoms with Gasteiger partial charge in [0.05, 0.1) is 0 Å². The molecule has 2 fully saturated rings. The highest BCUT2D eigenvalue weighted by molar-refractivity contribution is 8.00. The number of aliphatic carboxylic acids is 1. The van der Waals surface area contributed by atoms with Crippen LogP contribution in [-0.4, -0.2) is 82.0 Å². The van der Waals surface area contributed by atoms with Gasteiger partial charge in [0, 0.05) is 17.7 Å². The molecule has 3 atom stereocenters. The Morgan fingerprint density at radius 3 is 2.80 bits per heavy atom. The number of hydrogen-bond donors (Lipinski definition) is 4. The molecular formula is C15H18N6O7S2. The number of nitrogens with two attached hydrogens (primary N) is 2. The molecule has 0 aromatic carbocycles. The number of thioether (sulfide) groups is 1. The van der Waals surface area contributed by atoms with Crippen LogP contribution in [0.15, 0.2) is 10.5 Å². The lowest BCUT2D eigenvalue weighted by Crippen LogP contribution is -2.74. The van der Waals surface area contributed by atoms with E-state index in [1.165, 1.54) is 17.4 Å². The van der Waals surface area contributed by atoms with Crippen molar-refractivity contribution < 1.29 is 33.9 Å². The molecule has 30 heavy (non-hydrogen) atoms. The standard InChI is InChI=1S/C15H18N6O7S2/c1-27-20-7(6-2-29-13(16)18-6)9(22)19-8-10(23)21-3-15(12(24)25,4-28-14(17)26)5-30-11(8)21/h2,8,11H,3-5H2,1H3,(H2,16,18)(H2,17,26)(H,19,22)(H,24,25)/t8?,11-,15?/m1/s1. The summed E-state index contributed by atoms with van der Waals surface area (Å²) in [5, 5.41) is 17.1. The normalized spacial score (nSPS) is 25.7. The van der Waals surface area contributed by atoms with E-state index in [-0.39, 0.29) is 28.8 Å². The number of thiazole rings is 1. The number of ether oxygens (including phenoxy) is 1. The smallest absolute Gasteiger partial charge is 0.404 e. The third-order valence-corrected chi connectivity index (χ3v) is 6.80. The molecule has 0 bridgehead atoms. The van der Waals surface area contributed by atoms with Crippen LogP contribution in [0.2, 0.25) is 0 Å². The first-order chi connectivity index (χ1) is 14.2. The van der Waals surface area contributed by atoms with Crippen LogP contribution >= 0.6 is 23.1 Å². The average molecular weight is 458 g/mol. The molecular weight excluding hydrogens is 440 g/mol. The van der Waals surface area contributed by atoms with E-state index in [1.807, 2.05) is 0 Å². The Morgan fingerprint density at radius 2 is 2.23 bits per heavy atom. The largest absolute Gasteiger partial charge is 0.481 e. The van der Waals surface area contributed by atoms with E-state index < -0.39 is 47.3 Å². The molecule has 2 unspecified atom stereocenters. The summed E-state index contributed by atoms with van der Waals surface area (Å²) >= 11 is 2.26. The predicted octanol–water partition coefficient (Wildman–Crippen LogP) is -1.36. The predicted molar refractivity (Wildman–Crippen MR) is 106 cm³/mol. The van der Waals surface area contributed by atoms with Crippen molar-refractivity contribution in [3.63, 3.8) is 0 Å². The third-order valence-electron chi connectivity index (χ3n) is 4.54. The summed E-state index contributed by atoms with van der Waals surface area (Å²) in [6.45, 7) is -0.645. The molecule has 2 aliphatic rings. The lowest BCUT2D eigenvalue weighted by molar-refractivity contribution is -0.160. The first kappa shape index (κ1) is 21.6. The summed E-state index contributed by atoms with van der Waals surface area (Å²) < 4.78 is 4.68. The number of carboxylic acids is 1. The zero-order chi connectivity index (χ0) is 22.1. The molecule has 0 saturated carbocycles. The monoisotopic (exact) mass is 458 g/mol. The maximum Gasteiger partial charge on any atom is 0.404 e. The molecule has 1 aromatic rings. The second-order valence-electron chi connectivity index (χ2n) is 6.51. The van der Waals surface area contributed by atoms with Crippen molar-refractivity contribution in [2.24, 2.45) is 16.3 Å². The Morgan fingerprint density at radius 1 is 1.50 bits per heavy atom. The van der Waals surface area contributed by atoms with Gasteiger partial charge in [0.25, 0.3) is 5.91 Å². The van der Waals surface area contributed by atoms with Gasteiger partial charge in [-0.2, -0.15) is 0 Å². The molecule has 3 amide bonds. The van der Waals surface area contributed by atoms with E-state index in [0.717, 1.165) is 23.1 Å². The highest BCUT2D eigenvalue weighted by Gasteiger charge is 2.58. The van der Waals surface area contributed by atoms with E-state index in [2.05, 4.69) is 25.0 Å². The molecule has 0 radical (unpaired) electrons. The van der Waals surface area contributed by atoms with E-state index >= 15 is 0 Å². The highest BCUT2D eigenvalue weighted by atomic mass is 32.2. The number of carbonyl (C=O) groups excluding carboxylic acids is 3. The molecule has 3 rings (SSSR count). The molecule has 1 aromatic heterocycles. The van der Waals surface area contributed by atoms with Crippen LogP contribution in [0.4, 0.5) is 9.93 Å². The van der Waals surface area contributed by atoms with Gasteiger partial charge >= 0.3 is 12.1 Å². The number of anilines is 1. The molecule has 162 valence electrons. The fourth-order valence-electron chi connectivity index (χ4n) is 3.02. The number of carboxylic acid groups (broad SMARTS) is 1. The van der Waals surface area contributed by atoms with Gasteiger partial charge in [0.2, 0.25) is 5.91 Å². The maximum absolute atomic E-state index is 12.6. The van der Waals surface area contributed by atoms with Crippen molar-refractivity contribution >= 4 is 57.8 Å². The maximum atomic E-state index is 12.6. The molecule has 2 saturated heterocycles. The lowest BCUT2D eigenvalue weighted by atomic mass is 9.88. The molecule has 3 heterocycles. The number of nitrogen functional groups attached to an aromatic ring is 1. The molecule has 0 spiro atoms. The van der Waals surface area contributed by atoms with E-state index in [0.29, 0.717) is 0 Å². The second kappa shape index (κ2) is 8.35. The SMILES string of the molecule is CON=C(C(=O)NC1C(=O)N2CC(COC(N)=O)(C(=O)O)CS[C@H]12)c1csc(N)n1. The first-order valence-electron chi connectivity index (χ1n) is 8.39. The number of carbonyl (C=O) groups is 4. The number of fused-ring (bicyclic) bond motifs is 1. The third kappa shape index (κ3) is 3.97. The summed E-state index contributed by atoms with van der Waals surface area (Å²) in [5.41, 5.74) is 9.08. The number of nitrogens with one attached hydrogen (secondary N) is 1. The van der Waals surface area contributed by atoms with Crippen molar-refractivity contribution in [3.05, 3.63) is 11.1 Å². The fraction of sp³-hybridized carbons (Fsp3) is 0.467. The zero-order valence-corrected chi connectivity index (χ0v) is 17.2. The minimum atomic E-state index is -1.48. The van der Waals surface area contributed by atoms with E-state index in [9.17, 15) is 24.3 Å². The van der Waals surface area contributed by atoms with Gasteiger partial charge < -0.3 is 36.4 Å². The van der Waals surface area contributed by atoms with Gasteiger partial charge in [-0.3, -0.25) is 14.4 Å². The number of aromatic nitrogens is 1. The van der Waals surface area contributed by atoms with Gasteiger partial charge in [0.1, 0.15) is 36.2 Å². The van der Waals surface area contributed by atoms with Crippen LogP contribution in [0.1, 0.15) is 5.69 Å². The summed E-state index contributed by atoms with van der Waals surface area (Å²) in [6.07, 6.45) is -1.10. The molecule has 13 nitrogen and oxygen atoms in total. The van der Waals surface area contributed by atoms with E-state index in [1.54, 1.807) is 0 Å². The highest BCUT2D eigenvalue weighted by Crippen LogP contribution is 2.42. The Hall–Kier alpha value is -3.07. The fourth-order valence-corrected chi connectivity index (χ4v) is 5.09. The van der Waals surface area contributed by atoms with E-state index in [4.69, 9.17) is 11.5 Å². The Balaban J connectivity index is 1.69. The molecule has 6 N–H and O–H groups in total. The zero-order valence-electron chi connectivity index (χ0n) is 15.6. The van der Waals surface area contributed by atoms with Gasteiger partial charge in [-0.25, -0.2) is 9.78 Å². The van der Waals surface area contributed by atoms with Gasteiger partial charge in [-0.05, 0) is 0 Å². The number of hydrogen-bond acceptors (Lipinski definition) is 11. The molecule has 0 aliphatic carbocycles. The summed E-state index contributed by atoms with van der Waals surface area (Å²) in [5.74, 6) is -2.32. The number of nitrogens with zero attached hydrogens (tertiary/aromatic N) is 3.